The lowest BCUT2D eigenvalue weighted by Gasteiger charge is -2.17. The Morgan fingerprint density at radius 2 is 0.854 bits per heavy atom. The van der Waals surface area contributed by atoms with E-state index in [1.807, 2.05) is 0 Å². The van der Waals surface area contributed by atoms with E-state index in [4.69, 9.17) is 14.2 Å². The average molecular weight is 677 g/mol. The van der Waals surface area contributed by atoms with E-state index in [2.05, 4.69) is 31.2 Å². The molecule has 0 fully saturated rings. The first kappa shape index (κ1) is 45.9. The topological polar surface area (TPSA) is 78.9 Å². The van der Waals surface area contributed by atoms with Gasteiger partial charge in [0.25, 0.3) is 0 Å². The van der Waals surface area contributed by atoms with Crippen LogP contribution in [0.1, 0.15) is 213 Å². The molecule has 0 spiro atoms. The van der Waals surface area contributed by atoms with Crippen LogP contribution in [0.5, 0.6) is 0 Å². The van der Waals surface area contributed by atoms with Crippen LogP contribution in [0.15, 0.2) is 24.3 Å². The van der Waals surface area contributed by atoms with Gasteiger partial charge in [-0.2, -0.15) is 0 Å². The Morgan fingerprint density at radius 1 is 0.458 bits per heavy atom. The highest BCUT2D eigenvalue weighted by Crippen LogP contribution is 2.16. The molecular formula is C42H76O6. The molecule has 0 aromatic rings. The Balaban J connectivity index is 3.60. The summed E-state index contributed by atoms with van der Waals surface area (Å²) in [5, 5.41) is 0. The van der Waals surface area contributed by atoms with Crippen molar-refractivity contribution in [3.8, 4) is 0 Å². The van der Waals surface area contributed by atoms with Crippen molar-refractivity contribution in [1.29, 1.82) is 0 Å². The third kappa shape index (κ3) is 38.3. The zero-order valence-electron chi connectivity index (χ0n) is 31.8. The molecule has 280 valence electrons. The van der Waals surface area contributed by atoms with E-state index >= 15 is 0 Å². The second-order valence-electron chi connectivity index (χ2n) is 13.6. The molecule has 0 saturated carbocycles. The van der Waals surface area contributed by atoms with Crippen LogP contribution in [0.3, 0.4) is 0 Å². The molecule has 0 aromatic carbocycles. The van der Waals surface area contributed by atoms with E-state index in [0.29, 0.717) is 19.4 Å². The van der Waals surface area contributed by atoms with Gasteiger partial charge >= 0.3 is 17.9 Å². The van der Waals surface area contributed by atoms with Gasteiger partial charge in [-0.05, 0) is 64.2 Å². The minimum absolute atomic E-state index is 0.174. The zero-order valence-corrected chi connectivity index (χ0v) is 31.8. The smallest absolute Gasteiger partial charge is 0.308 e. The summed E-state index contributed by atoms with van der Waals surface area (Å²) in [7, 11) is 0. The maximum absolute atomic E-state index is 12.3. The molecule has 6 nitrogen and oxygen atoms in total. The molecule has 0 heterocycles. The van der Waals surface area contributed by atoms with E-state index in [1.54, 1.807) is 0 Å². The predicted octanol–water partition coefficient (Wildman–Crippen LogP) is 12.8. The van der Waals surface area contributed by atoms with Crippen LogP contribution in [0.2, 0.25) is 0 Å². The number of carbonyl (C=O) groups is 3. The van der Waals surface area contributed by atoms with Gasteiger partial charge in [-0.1, -0.05) is 147 Å². The first-order valence-electron chi connectivity index (χ1n) is 20.3. The summed E-state index contributed by atoms with van der Waals surface area (Å²) in [5.41, 5.74) is 0. The summed E-state index contributed by atoms with van der Waals surface area (Å²) >= 11 is 0. The molecule has 0 radical (unpaired) electrons. The van der Waals surface area contributed by atoms with Crippen molar-refractivity contribution in [2.75, 3.05) is 6.61 Å². The Labute approximate surface area is 296 Å². The summed E-state index contributed by atoms with van der Waals surface area (Å²) in [6.07, 6.45) is 43.2. The highest BCUT2D eigenvalue weighted by Gasteiger charge is 2.16. The lowest BCUT2D eigenvalue weighted by Crippen LogP contribution is -2.23. The van der Waals surface area contributed by atoms with E-state index in [-0.39, 0.29) is 11.9 Å². The first-order chi connectivity index (χ1) is 23.5. The molecule has 1 unspecified atom stereocenters. The van der Waals surface area contributed by atoms with Crippen LogP contribution in [0.4, 0.5) is 0 Å². The van der Waals surface area contributed by atoms with Crippen molar-refractivity contribution in [3.05, 3.63) is 24.3 Å². The van der Waals surface area contributed by atoms with E-state index in [0.717, 1.165) is 44.9 Å². The molecule has 1 atom stereocenters. The number of allylic oxidation sites excluding steroid dienone is 4. The fourth-order valence-corrected chi connectivity index (χ4v) is 5.92. The van der Waals surface area contributed by atoms with Crippen LogP contribution in [-0.4, -0.2) is 30.8 Å². The van der Waals surface area contributed by atoms with Crippen molar-refractivity contribution >= 4 is 17.9 Å². The quantitative estimate of drug-likeness (QED) is 0.0284. The van der Waals surface area contributed by atoms with Crippen molar-refractivity contribution in [2.24, 2.45) is 0 Å². The molecule has 0 saturated heterocycles. The van der Waals surface area contributed by atoms with Crippen LogP contribution < -0.4 is 0 Å². The normalized spacial score (nSPS) is 12.1. The molecule has 0 rings (SSSR count). The van der Waals surface area contributed by atoms with Crippen LogP contribution in [0, 0.1) is 0 Å². The summed E-state index contributed by atoms with van der Waals surface area (Å²) in [4.78, 5) is 34.6. The van der Waals surface area contributed by atoms with E-state index < -0.39 is 12.3 Å². The van der Waals surface area contributed by atoms with Gasteiger partial charge in [0.05, 0.1) is 6.61 Å². The maximum atomic E-state index is 12.3. The van der Waals surface area contributed by atoms with Crippen molar-refractivity contribution < 1.29 is 28.6 Å². The Bertz CT molecular complexity index is 789. The standard InChI is InChI=1S/C42H76O6/c1-4-5-6-7-8-9-10-18-21-24-27-30-33-36-41(45)48-42(47-40(3)44)37-34-31-28-25-22-19-16-14-12-11-13-15-17-20-23-26-29-32-35-38-46-39(2)43/h5-6,11-12,42H,4,7-10,13-38H2,1-3H3. The van der Waals surface area contributed by atoms with Crippen LogP contribution >= 0.6 is 0 Å². The molecule has 0 N–H and O–H groups in total. The highest BCUT2D eigenvalue weighted by molar-refractivity contribution is 5.70. The zero-order chi connectivity index (χ0) is 35.2. The predicted molar refractivity (Wildman–Crippen MR) is 201 cm³/mol. The number of unbranched alkanes of at least 4 members (excludes halogenated alkanes) is 24. The molecule has 0 aliphatic carbocycles. The molecule has 0 aliphatic rings. The number of esters is 3. The van der Waals surface area contributed by atoms with Gasteiger partial charge in [-0.25, -0.2) is 0 Å². The highest BCUT2D eigenvalue weighted by atomic mass is 16.7. The van der Waals surface area contributed by atoms with Crippen LogP contribution in [-0.2, 0) is 28.6 Å². The molecule has 0 amide bonds. The Hall–Kier alpha value is -2.11. The Morgan fingerprint density at radius 3 is 1.29 bits per heavy atom. The molecule has 0 aromatic heterocycles. The molecule has 48 heavy (non-hydrogen) atoms. The van der Waals surface area contributed by atoms with Crippen molar-refractivity contribution in [1.82, 2.24) is 0 Å². The van der Waals surface area contributed by atoms with Gasteiger partial charge < -0.3 is 14.2 Å². The summed E-state index contributed by atoms with van der Waals surface area (Å²) in [6, 6.07) is 0. The largest absolute Gasteiger partial charge is 0.466 e. The summed E-state index contributed by atoms with van der Waals surface area (Å²) < 4.78 is 15.8. The van der Waals surface area contributed by atoms with Crippen LogP contribution in [0.25, 0.3) is 0 Å². The summed E-state index contributed by atoms with van der Waals surface area (Å²) in [5.74, 6) is -0.812. The number of hydrogen-bond acceptors (Lipinski definition) is 6. The lowest BCUT2D eigenvalue weighted by atomic mass is 10.1. The SMILES string of the molecule is CCC=CCCCCCCCCCCCC(=O)OC(CCCCCCCCCC=CCCCCCCCCCCOC(C)=O)OC(C)=O. The third-order valence-corrected chi connectivity index (χ3v) is 8.76. The first-order valence-corrected chi connectivity index (χ1v) is 20.3. The third-order valence-electron chi connectivity index (χ3n) is 8.76. The van der Waals surface area contributed by atoms with Gasteiger partial charge in [0.15, 0.2) is 0 Å². The van der Waals surface area contributed by atoms with Gasteiger partial charge in [-0.15, -0.1) is 0 Å². The van der Waals surface area contributed by atoms with Gasteiger partial charge in [-0.3, -0.25) is 14.4 Å². The molecule has 6 heteroatoms. The van der Waals surface area contributed by atoms with Crippen molar-refractivity contribution in [2.45, 2.75) is 220 Å². The van der Waals surface area contributed by atoms with Gasteiger partial charge in [0, 0.05) is 26.7 Å². The van der Waals surface area contributed by atoms with E-state index in [1.165, 1.54) is 149 Å². The average Bonchev–Trinajstić information content (AvgIpc) is 3.05. The maximum Gasteiger partial charge on any atom is 0.308 e. The Kier molecular flexibility index (Phi) is 36.0. The van der Waals surface area contributed by atoms with Gasteiger partial charge in [0.2, 0.25) is 6.29 Å². The number of hydrogen-bond donors (Lipinski definition) is 0. The fourth-order valence-electron chi connectivity index (χ4n) is 5.92. The fraction of sp³-hybridized carbons (Fsp3) is 0.833. The second-order valence-corrected chi connectivity index (χ2v) is 13.6. The number of rotatable bonds is 36. The van der Waals surface area contributed by atoms with Crippen molar-refractivity contribution in [3.63, 3.8) is 0 Å². The summed E-state index contributed by atoms with van der Waals surface area (Å²) in [6.45, 7) is 5.60. The molecule has 0 bridgehead atoms. The van der Waals surface area contributed by atoms with Gasteiger partial charge in [0.1, 0.15) is 0 Å². The minimum atomic E-state index is -0.741. The lowest BCUT2D eigenvalue weighted by molar-refractivity contribution is -0.187. The molecular weight excluding hydrogens is 600 g/mol. The van der Waals surface area contributed by atoms with E-state index in [9.17, 15) is 14.4 Å². The second kappa shape index (κ2) is 37.7. The minimum Gasteiger partial charge on any atom is -0.466 e. The number of carbonyl (C=O) groups excluding carboxylic acids is 3. The monoisotopic (exact) mass is 677 g/mol. The molecule has 0 aliphatic heterocycles. The number of ether oxygens (including phenoxy) is 3.